The van der Waals surface area contributed by atoms with Crippen molar-refractivity contribution >= 4 is 5.69 Å². The van der Waals surface area contributed by atoms with Gasteiger partial charge < -0.3 is 20.5 Å². The third kappa shape index (κ3) is 2.37. The SMILES string of the molecule is CN(C)CC1(O)c2ccc(N)cc2COc2ccccc21. The van der Waals surface area contributed by atoms with Gasteiger partial charge in [0.05, 0.1) is 0 Å². The standard InChI is InChI=1S/C17H20N2O2/c1-19(2)11-17(20)14-8-7-13(18)9-12(14)10-21-16-6-4-3-5-15(16)17/h3-9,20H,10-11,18H2,1-2H3. The van der Waals surface area contributed by atoms with E-state index in [9.17, 15) is 5.11 Å². The molecule has 1 unspecified atom stereocenters. The number of benzene rings is 2. The number of hydrogen-bond acceptors (Lipinski definition) is 4. The second kappa shape index (κ2) is 5.06. The van der Waals surface area contributed by atoms with Crippen LogP contribution in [0.25, 0.3) is 0 Å². The molecule has 110 valence electrons. The number of nitrogen functional groups attached to an aromatic ring is 1. The lowest BCUT2D eigenvalue weighted by atomic mass is 9.83. The zero-order valence-corrected chi connectivity index (χ0v) is 12.3. The summed E-state index contributed by atoms with van der Waals surface area (Å²) in [5.74, 6) is 0.719. The number of fused-ring (bicyclic) bond motifs is 2. The molecule has 1 atom stereocenters. The van der Waals surface area contributed by atoms with E-state index in [-0.39, 0.29) is 0 Å². The molecule has 0 amide bonds. The largest absolute Gasteiger partial charge is 0.488 e. The van der Waals surface area contributed by atoms with E-state index in [4.69, 9.17) is 10.5 Å². The Labute approximate surface area is 124 Å². The van der Waals surface area contributed by atoms with Crippen molar-refractivity contribution < 1.29 is 9.84 Å². The van der Waals surface area contributed by atoms with Gasteiger partial charge in [-0.3, -0.25) is 0 Å². The number of nitrogens with zero attached hydrogens (tertiary/aromatic N) is 1. The molecule has 0 fully saturated rings. The maximum atomic E-state index is 11.5. The van der Waals surface area contributed by atoms with Gasteiger partial charge in [-0.2, -0.15) is 0 Å². The van der Waals surface area contributed by atoms with Crippen LogP contribution < -0.4 is 10.5 Å². The lowest BCUT2D eigenvalue weighted by molar-refractivity contribution is 0.0508. The Morgan fingerprint density at radius 1 is 1.19 bits per heavy atom. The molecular formula is C17H20N2O2. The van der Waals surface area contributed by atoms with Crippen LogP contribution in [-0.4, -0.2) is 30.6 Å². The molecule has 21 heavy (non-hydrogen) atoms. The molecule has 4 heteroatoms. The molecule has 1 aliphatic heterocycles. The molecule has 3 N–H and O–H groups in total. The van der Waals surface area contributed by atoms with Gasteiger partial charge in [0.25, 0.3) is 0 Å². The van der Waals surface area contributed by atoms with Crippen LogP contribution in [0.4, 0.5) is 5.69 Å². The summed E-state index contributed by atoms with van der Waals surface area (Å²) in [6.07, 6.45) is 0. The summed E-state index contributed by atoms with van der Waals surface area (Å²) in [6, 6.07) is 13.3. The number of likely N-dealkylation sites (N-methyl/N-ethyl adjacent to an activating group) is 1. The number of hydrogen-bond donors (Lipinski definition) is 2. The van der Waals surface area contributed by atoms with Gasteiger partial charge in [0.1, 0.15) is 18.0 Å². The fourth-order valence-electron chi connectivity index (χ4n) is 3.00. The van der Waals surface area contributed by atoms with Gasteiger partial charge in [0, 0.05) is 17.8 Å². The Morgan fingerprint density at radius 3 is 2.71 bits per heavy atom. The first-order chi connectivity index (χ1) is 10.0. The third-order valence-electron chi connectivity index (χ3n) is 3.84. The van der Waals surface area contributed by atoms with Gasteiger partial charge >= 0.3 is 0 Å². The van der Waals surface area contributed by atoms with Crippen molar-refractivity contribution in [2.24, 2.45) is 0 Å². The highest BCUT2D eigenvalue weighted by Crippen LogP contribution is 2.41. The minimum Gasteiger partial charge on any atom is -0.488 e. The van der Waals surface area contributed by atoms with E-state index in [1.54, 1.807) is 0 Å². The van der Waals surface area contributed by atoms with Crippen LogP contribution in [0.5, 0.6) is 5.75 Å². The number of para-hydroxylation sites is 1. The molecule has 0 spiro atoms. The van der Waals surface area contributed by atoms with Crippen molar-refractivity contribution in [1.82, 2.24) is 4.90 Å². The summed E-state index contributed by atoms with van der Waals surface area (Å²) < 4.78 is 5.87. The van der Waals surface area contributed by atoms with Gasteiger partial charge in [0.15, 0.2) is 0 Å². The summed E-state index contributed by atoms with van der Waals surface area (Å²) in [7, 11) is 3.90. The zero-order valence-electron chi connectivity index (χ0n) is 12.3. The minimum absolute atomic E-state index is 0.410. The summed E-state index contributed by atoms with van der Waals surface area (Å²) in [5, 5.41) is 11.5. The van der Waals surface area contributed by atoms with Crippen molar-refractivity contribution in [3.8, 4) is 5.75 Å². The highest BCUT2D eigenvalue weighted by Gasteiger charge is 2.38. The molecule has 3 rings (SSSR count). The van der Waals surface area contributed by atoms with E-state index in [2.05, 4.69) is 0 Å². The normalized spacial score (nSPS) is 20.4. The average Bonchev–Trinajstić information content (AvgIpc) is 2.54. The average molecular weight is 284 g/mol. The van der Waals surface area contributed by atoms with Crippen LogP contribution in [0.3, 0.4) is 0 Å². The Bertz CT molecular complexity index is 670. The topological polar surface area (TPSA) is 58.7 Å². The molecule has 0 bridgehead atoms. The fourth-order valence-corrected chi connectivity index (χ4v) is 3.00. The molecule has 4 nitrogen and oxygen atoms in total. The van der Waals surface area contributed by atoms with E-state index >= 15 is 0 Å². The van der Waals surface area contributed by atoms with Crippen molar-refractivity contribution in [3.05, 3.63) is 59.2 Å². The molecule has 2 aromatic carbocycles. The highest BCUT2D eigenvalue weighted by molar-refractivity contribution is 5.54. The van der Waals surface area contributed by atoms with Crippen LogP contribution in [0.1, 0.15) is 16.7 Å². The predicted molar refractivity (Wildman–Crippen MR) is 83.2 cm³/mol. The maximum absolute atomic E-state index is 11.5. The van der Waals surface area contributed by atoms with Crippen molar-refractivity contribution in [2.45, 2.75) is 12.2 Å². The predicted octanol–water partition coefficient (Wildman–Crippen LogP) is 1.96. The lowest BCUT2D eigenvalue weighted by Crippen LogP contribution is -2.39. The van der Waals surface area contributed by atoms with Crippen molar-refractivity contribution in [3.63, 3.8) is 0 Å². The molecule has 0 saturated heterocycles. The second-order valence-electron chi connectivity index (χ2n) is 5.80. The van der Waals surface area contributed by atoms with Crippen molar-refractivity contribution in [1.29, 1.82) is 0 Å². The molecule has 0 radical (unpaired) electrons. The van der Waals surface area contributed by atoms with Gasteiger partial charge in [-0.15, -0.1) is 0 Å². The fraction of sp³-hybridized carbons (Fsp3) is 0.294. The summed E-state index contributed by atoms with van der Waals surface area (Å²) in [6.45, 7) is 0.886. The van der Waals surface area contributed by atoms with Gasteiger partial charge in [-0.25, -0.2) is 0 Å². The number of anilines is 1. The van der Waals surface area contributed by atoms with E-state index in [1.165, 1.54) is 0 Å². The molecule has 0 aromatic heterocycles. The van der Waals surface area contributed by atoms with Crippen LogP contribution in [0.2, 0.25) is 0 Å². The molecule has 0 saturated carbocycles. The maximum Gasteiger partial charge on any atom is 0.131 e. The lowest BCUT2D eigenvalue weighted by Gasteiger charge is -2.32. The van der Waals surface area contributed by atoms with E-state index in [1.807, 2.05) is 61.5 Å². The van der Waals surface area contributed by atoms with E-state index in [0.717, 1.165) is 22.4 Å². The molecule has 2 aromatic rings. The van der Waals surface area contributed by atoms with Crippen molar-refractivity contribution in [2.75, 3.05) is 26.4 Å². The van der Waals surface area contributed by atoms with Crippen LogP contribution in [0.15, 0.2) is 42.5 Å². The molecular weight excluding hydrogens is 264 g/mol. The number of nitrogens with two attached hydrogens (primary N) is 1. The first-order valence-corrected chi connectivity index (χ1v) is 6.99. The smallest absolute Gasteiger partial charge is 0.131 e. The van der Waals surface area contributed by atoms with Crippen LogP contribution in [-0.2, 0) is 12.2 Å². The summed E-state index contributed by atoms with van der Waals surface area (Å²) in [4.78, 5) is 1.97. The molecule has 1 heterocycles. The number of ether oxygens (including phenoxy) is 1. The quantitative estimate of drug-likeness (QED) is 0.828. The molecule has 1 aliphatic rings. The van der Waals surface area contributed by atoms with Gasteiger partial charge in [-0.05, 0) is 43.4 Å². The van der Waals surface area contributed by atoms with Gasteiger partial charge in [0.2, 0.25) is 0 Å². The first-order valence-electron chi connectivity index (χ1n) is 6.99. The molecule has 0 aliphatic carbocycles. The Hall–Kier alpha value is -2.04. The first kappa shape index (κ1) is 13.9. The highest BCUT2D eigenvalue weighted by atomic mass is 16.5. The minimum atomic E-state index is -1.11. The number of rotatable bonds is 2. The monoisotopic (exact) mass is 284 g/mol. The van der Waals surface area contributed by atoms with Gasteiger partial charge in [-0.1, -0.05) is 24.3 Å². The van der Waals surface area contributed by atoms with Crippen LogP contribution >= 0.6 is 0 Å². The Kier molecular flexibility index (Phi) is 3.35. The third-order valence-corrected chi connectivity index (χ3v) is 3.84. The zero-order chi connectivity index (χ0) is 15.0. The Morgan fingerprint density at radius 2 is 1.95 bits per heavy atom. The van der Waals surface area contributed by atoms with E-state index < -0.39 is 5.60 Å². The Balaban J connectivity index is 2.24. The van der Waals surface area contributed by atoms with E-state index in [0.29, 0.717) is 18.8 Å². The summed E-state index contributed by atoms with van der Waals surface area (Å²) in [5.41, 5.74) is 8.02. The number of aliphatic hydroxyl groups is 1. The second-order valence-corrected chi connectivity index (χ2v) is 5.80. The van der Waals surface area contributed by atoms with Crippen LogP contribution in [0, 0.1) is 0 Å². The summed E-state index contributed by atoms with van der Waals surface area (Å²) >= 11 is 0.